The van der Waals surface area contributed by atoms with Crippen LogP contribution in [-0.4, -0.2) is 53.8 Å². The number of amides is 3. The van der Waals surface area contributed by atoms with Crippen molar-refractivity contribution in [2.45, 2.75) is 43.9 Å². The van der Waals surface area contributed by atoms with Crippen LogP contribution in [0.3, 0.4) is 0 Å². The third-order valence-electron chi connectivity index (χ3n) is 5.90. The summed E-state index contributed by atoms with van der Waals surface area (Å²) < 4.78 is 0. The predicted molar refractivity (Wildman–Crippen MR) is 90.0 cm³/mol. The van der Waals surface area contributed by atoms with Gasteiger partial charge in [-0.1, -0.05) is 0 Å². The van der Waals surface area contributed by atoms with Crippen molar-refractivity contribution in [2.24, 2.45) is 0 Å². The monoisotopic (exact) mass is 340 g/mol. The lowest BCUT2D eigenvalue weighted by molar-refractivity contribution is -0.136. The number of nitrogens with one attached hydrogen (secondary N) is 2. The first-order chi connectivity index (χ1) is 12.1. The Morgan fingerprint density at radius 3 is 2.72 bits per heavy atom. The molecule has 25 heavy (non-hydrogen) atoms. The van der Waals surface area contributed by atoms with Crippen molar-refractivity contribution >= 4 is 23.4 Å². The summed E-state index contributed by atoms with van der Waals surface area (Å²) in [5.41, 5.74) is 2.81. The van der Waals surface area contributed by atoms with Crippen LogP contribution in [0.4, 0.5) is 5.69 Å². The number of imide groups is 1. The molecule has 1 aromatic carbocycles. The van der Waals surface area contributed by atoms with E-state index in [1.807, 2.05) is 12.1 Å². The van der Waals surface area contributed by atoms with E-state index in [2.05, 4.69) is 21.6 Å². The first-order valence-corrected chi connectivity index (χ1v) is 8.88. The second-order valence-corrected chi connectivity index (χ2v) is 7.39. The molecular weight excluding hydrogens is 320 g/mol. The highest BCUT2D eigenvalue weighted by Gasteiger charge is 2.41. The maximum absolute atomic E-state index is 12.7. The molecule has 0 radical (unpaired) electrons. The van der Waals surface area contributed by atoms with E-state index < -0.39 is 6.04 Å². The van der Waals surface area contributed by atoms with E-state index in [-0.39, 0.29) is 24.1 Å². The Morgan fingerprint density at radius 1 is 1.12 bits per heavy atom. The van der Waals surface area contributed by atoms with E-state index in [1.165, 1.54) is 6.42 Å². The normalized spacial score (nSPS) is 30.9. The maximum atomic E-state index is 12.7. The number of rotatable bonds is 2. The second-order valence-electron chi connectivity index (χ2n) is 7.39. The number of nitrogens with zero attached hydrogens (tertiary/aromatic N) is 2. The van der Waals surface area contributed by atoms with Gasteiger partial charge in [-0.3, -0.25) is 19.7 Å². The lowest BCUT2D eigenvalue weighted by Crippen LogP contribution is -2.52. The quantitative estimate of drug-likeness (QED) is 0.741. The Morgan fingerprint density at radius 2 is 2.00 bits per heavy atom. The zero-order valence-corrected chi connectivity index (χ0v) is 13.8. The van der Waals surface area contributed by atoms with Gasteiger partial charge < -0.3 is 15.1 Å². The van der Waals surface area contributed by atoms with Gasteiger partial charge in [-0.25, -0.2) is 0 Å². The van der Waals surface area contributed by atoms with E-state index in [0.717, 1.165) is 24.3 Å². The van der Waals surface area contributed by atoms with Crippen molar-refractivity contribution in [3.8, 4) is 0 Å². The van der Waals surface area contributed by atoms with E-state index >= 15 is 0 Å². The van der Waals surface area contributed by atoms with Crippen LogP contribution in [0.5, 0.6) is 0 Å². The fourth-order valence-corrected chi connectivity index (χ4v) is 4.62. The molecule has 0 aliphatic carbocycles. The van der Waals surface area contributed by atoms with Crippen LogP contribution in [0, 0.1) is 0 Å². The molecule has 4 heterocycles. The van der Waals surface area contributed by atoms with Crippen molar-refractivity contribution in [3.63, 3.8) is 0 Å². The van der Waals surface area contributed by atoms with Crippen LogP contribution in [0.2, 0.25) is 0 Å². The molecular formula is C18H20N4O3. The van der Waals surface area contributed by atoms with Gasteiger partial charge >= 0.3 is 0 Å². The Kier molecular flexibility index (Phi) is 3.15. The molecule has 3 atom stereocenters. The first kappa shape index (κ1) is 14.9. The van der Waals surface area contributed by atoms with Crippen molar-refractivity contribution < 1.29 is 14.4 Å². The Hall–Kier alpha value is -2.41. The largest absolute Gasteiger partial charge is 0.366 e. The zero-order valence-electron chi connectivity index (χ0n) is 13.8. The van der Waals surface area contributed by atoms with Crippen LogP contribution in [-0.2, 0) is 16.1 Å². The molecule has 130 valence electrons. The van der Waals surface area contributed by atoms with Gasteiger partial charge in [-0.15, -0.1) is 0 Å². The lowest BCUT2D eigenvalue weighted by atomic mass is 10.0. The minimum absolute atomic E-state index is 0.111. The number of hydrogen-bond acceptors (Lipinski definition) is 5. The summed E-state index contributed by atoms with van der Waals surface area (Å²) >= 11 is 0. The molecule has 7 heteroatoms. The van der Waals surface area contributed by atoms with E-state index in [4.69, 9.17) is 0 Å². The topological polar surface area (TPSA) is 81.8 Å². The number of carbonyl (C=O) groups excluding carboxylic acids is 3. The minimum atomic E-state index is -0.548. The zero-order chi connectivity index (χ0) is 17.1. The van der Waals surface area contributed by atoms with E-state index in [0.29, 0.717) is 30.6 Å². The first-order valence-electron chi connectivity index (χ1n) is 8.88. The van der Waals surface area contributed by atoms with Crippen LogP contribution in [0.1, 0.15) is 35.2 Å². The highest BCUT2D eigenvalue weighted by atomic mass is 16.2. The average molecular weight is 340 g/mol. The summed E-state index contributed by atoms with van der Waals surface area (Å²) in [5.74, 6) is -0.730. The van der Waals surface area contributed by atoms with Crippen molar-refractivity contribution in [1.82, 2.24) is 15.5 Å². The molecule has 0 saturated carbocycles. The van der Waals surface area contributed by atoms with Crippen LogP contribution in [0.15, 0.2) is 18.2 Å². The maximum Gasteiger partial charge on any atom is 0.255 e. The summed E-state index contributed by atoms with van der Waals surface area (Å²) in [6.45, 7) is 2.46. The number of piperazine rings is 1. The lowest BCUT2D eigenvalue weighted by Gasteiger charge is -2.30. The second kappa shape index (κ2) is 5.29. The predicted octanol–water partition coefficient (Wildman–Crippen LogP) is -0.00190. The third-order valence-corrected chi connectivity index (χ3v) is 5.90. The SMILES string of the molecule is O=C1CCC(N2Cc3cc(N4CC5CC4CN5)ccc3C2=O)C(=O)N1. The Balaban J connectivity index is 1.39. The van der Waals surface area contributed by atoms with Gasteiger partial charge in [0.05, 0.1) is 0 Å². The van der Waals surface area contributed by atoms with Crippen LogP contribution >= 0.6 is 0 Å². The number of fused-ring (bicyclic) bond motifs is 3. The number of piperidine rings is 1. The molecule has 5 rings (SSSR count). The fraction of sp³-hybridized carbons (Fsp3) is 0.500. The molecule has 3 fully saturated rings. The average Bonchev–Trinajstić information content (AvgIpc) is 3.30. The molecule has 3 unspecified atom stereocenters. The molecule has 2 bridgehead atoms. The standard InChI is InChI=1S/C18H20N4O3/c23-16-4-3-15(17(24)20-16)22-8-10-5-12(1-2-14(10)18(22)25)21-9-11-6-13(21)7-19-11/h1-2,5,11,13,15,19H,3-4,6-9H2,(H,20,23,24). The minimum Gasteiger partial charge on any atom is -0.366 e. The van der Waals surface area contributed by atoms with Gasteiger partial charge in [0.25, 0.3) is 5.91 Å². The number of anilines is 1. The van der Waals surface area contributed by atoms with Gasteiger partial charge in [0.15, 0.2) is 0 Å². The van der Waals surface area contributed by atoms with Crippen LogP contribution < -0.4 is 15.5 Å². The van der Waals surface area contributed by atoms with E-state index in [1.54, 1.807) is 4.90 Å². The molecule has 4 aliphatic heterocycles. The van der Waals surface area contributed by atoms with Gasteiger partial charge in [0.2, 0.25) is 11.8 Å². The molecule has 1 aromatic rings. The number of carbonyl (C=O) groups is 3. The summed E-state index contributed by atoms with van der Waals surface area (Å²) in [4.78, 5) is 40.2. The van der Waals surface area contributed by atoms with Gasteiger partial charge in [0, 0.05) is 49.4 Å². The van der Waals surface area contributed by atoms with Gasteiger partial charge in [-0.05, 0) is 36.6 Å². The summed E-state index contributed by atoms with van der Waals surface area (Å²) in [6.07, 6.45) is 1.86. The van der Waals surface area contributed by atoms with Gasteiger partial charge in [0.1, 0.15) is 6.04 Å². The highest BCUT2D eigenvalue weighted by molar-refractivity contribution is 6.05. The molecule has 3 saturated heterocycles. The molecule has 0 spiro atoms. The van der Waals surface area contributed by atoms with E-state index in [9.17, 15) is 14.4 Å². The van der Waals surface area contributed by atoms with Crippen molar-refractivity contribution in [1.29, 1.82) is 0 Å². The van der Waals surface area contributed by atoms with Crippen molar-refractivity contribution in [2.75, 3.05) is 18.0 Å². The smallest absolute Gasteiger partial charge is 0.255 e. The third kappa shape index (κ3) is 2.26. The highest BCUT2D eigenvalue weighted by Crippen LogP contribution is 2.34. The van der Waals surface area contributed by atoms with Crippen molar-refractivity contribution in [3.05, 3.63) is 29.3 Å². The summed E-state index contributed by atoms with van der Waals surface area (Å²) in [7, 11) is 0. The molecule has 0 aromatic heterocycles. The summed E-state index contributed by atoms with van der Waals surface area (Å²) in [5, 5.41) is 5.84. The fourth-order valence-electron chi connectivity index (χ4n) is 4.62. The summed E-state index contributed by atoms with van der Waals surface area (Å²) in [6, 6.07) is 6.56. The Labute approximate surface area is 145 Å². The Bertz CT molecular complexity index is 793. The number of benzene rings is 1. The van der Waals surface area contributed by atoms with Gasteiger partial charge in [-0.2, -0.15) is 0 Å². The van der Waals surface area contributed by atoms with Crippen LogP contribution in [0.25, 0.3) is 0 Å². The molecule has 7 nitrogen and oxygen atoms in total. The molecule has 3 amide bonds. The number of hydrogen-bond donors (Lipinski definition) is 2. The molecule has 4 aliphatic rings. The molecule has 2 N–H and O–H groups in total.